The van der Waals surface area contributed by atoms with Crippen LogP contribution in [0.1, 0.15) is 48.4 Å². The minimum atomic E-state index is -0.344. The van der Waals surface area contributed by atoms with Gasteiger partial charge in [-0.05, 0) is 64.1 Å². The number of carbonyl (C=O) groups excluding carboxylic acids is 3. The highest BCUT2D eigenvalue weighted by Gasteiger charge is 2.15. The molecule has 0 aliphatic carbocycles. The van der Waals surface area contributed by atoms with Crippen LogP contribution in [0, 0.1) is 0 Å². The molecular weight excluding hydrogens is 356 g/mol. The maximum Gasteiger partial charge on any atom is 0.319 e. The van der Waals surface area contributed by atoms with Crippen LogP contribution in [0.2, 0.25) is 0 Å². The molecule has 2 aromatic carbocycles. The van der Waals surface area contributed by atoms with E-state index >= 15 is 0 Å². The van der Waals surface area contributed by atoms with E-state index in [-0.39, 0.29) is 29.9 Å². The second-order valence-electron chi connectivity index (χ2n) is 6.96. The van der Waals surface area contributed by atoms with Crippen molar-refractivity contribution in [3.8, 4) is 0 Å². The summed E-state index contributed by atoms with van der Waals surface area (Å²) in [6.07, 6.45) is 0. The van der Waals surface area contributed by atoms with Crippen molar-refractivity contribution in [1.29, 1.82) is 0 Å². The molecule has 0 atom stereocenters. The average Bonchev–Trinajstić information content (AvgIpc) is 2.61. The van der Waals surface area contributed by atoms with Crippen molar-refractivity contribution in [3.05, 3.63) is 59.7 Å². The Morgan fingerprint density at radius 2 is 1.32 bits per heavy atom. The van der Waals surface area contributed by atoms with Crippen LogP contribution in [0.5, 0.6) is 0 Å². The van der Waals surface area contributed by atoms with E-state index in [1.54, 1.807) is 48.5 Å². The third-order valence-corrected chi connectivity index (χ3v) is 3.66. The van der Waals surface area contributed by atoms with Crippen LogP contribution < -0.4 is 21.3 Å². The van der Waals surface area contributed by atoms with Gasteiger partial charge in [0.05, 0.1) is 11.3 Å². The summed E-state index contributed by atoms with van der Waals surface area (Å²) in [5, 5.41) is 11.0. The quantitative estimate of drug-likeness (QED) is 0.614. The fourth-order valence-electron chi connectivity index (χ4n) is 2.46. The molecular formula is C21H26N4O3. The van der Waals surface area contributed by atoms with Gasteiger partial charge in [0.15, 0.2) is 0 Å². The van der Waals surface area contributed by atoms with Gasteiger partial charge >= 0.3 is 6.03 Å². The third-order valence-electron chi connectivity index (χ3n) is 3.66. The lowest BCUT2D eigenvalue weighted by molar-refractivity contribution is 0.0944. The summed E-state index contributed by atoms with van der Waals surface area (Å²) in [5.41, 5.74) is 1.82. The van der Waals surface area contributed by atoms with E-state index in [4.69, 9.17) is 0 Å². The second kappa shape index (κ2) is 9.55. The maximum absolute atomic E-state index is 12.5. The standard InChI is InChI=1S/C21H26N4O3/c1-13(2)22-20(27)17-7-5-6-8-18(17)25-19(26)15-9-11-16(12-10-15)24-21(28)23-14(3)4/h5-14H,1-4H3,(H,22,27)(H,25,26)(H2,23,24,28). The van der Waals surface area contributed by atoms with Crippen LogP contribution >= 0.6 is 0 Å². The third kappa shape index (κ3) is 6.12. The number of hydrogen-bond donors (Lipinski definition) is 4. The summed E-state index contributed by atoms with van der Waals surface area (Å²) in [6, 6.07) is 13.1. The first-order chi connectivity index (χ1) is 13.3. The zero-order valence-electron chi connectivity index (χ0n) is 16.5. The average molecular weight is 382 g/mol. The molecule has 4 amide bonds. The molecule has 148 valence electrons. The Morgan fingerprint density at radius 1 is 0.714 bits per heavy atom. The van der Waals surface area contributed by atoms with Gasteiger partial charge in [0, 0.05) is 23.3 Å². The van der Waals surface area contributed by atoms with Crippen LogP contribution in [0.3, 0.4) is 0 Å². The van der Waals surface area contributed by atoms with Crippen LogP contribution in [-0.2, 0) is 0 Å². The fraction of sp³-hybridized carbons (Fsp3) is 0.286. The van der Waals surface area contributed by atoms with E-state index in [0.29, 0.717) is 22.5 Å². The summed E-state index contributed by atoms with van der Waals surface area (Å²) >= 11 is 0. The summed E-state index contributed by atoms with van der Waals surface area (Å²) in [6.45, 7) is 7.48. The van der Waals surface area contributed by atoms with Gasteiger partial charge in [-0.15, -0.1) is 0 Å². The minimum Gasteiger partial charge on any atom is -0.350 e. The van der Waals surface area contributed by atoms with Crippen molar-refractivity contribution < 1.29 is 14.4 Å². The smallest absolute Gasteiger partial charge is 0.319 e. The molecule has 0 heterocycles. The summed E-state index contributed by atoms with van der Waals surface area (Å²) in [5.74, 6) is -0.593. The molecule has 0 fully saturated rings. The number of rotatable bonds is 6. The van der Waals surface area contributed by atoms with Gasteiger partial charge in [-0.3, -0.25) is 9.59 Å². The van der Waals surface area contributed by atoms with Crippen LogP contribution in [0.15, 0.2) is 48.5 Å². The number of para-hydroxylation sites is 1. The molecule has 0 saturated heterocycles. The Hall–Kier alpha value is -3.35. The van der Waals surface area contributed by atoms with Gasteiger partial charge in [0.2, 0.25) is 0 Å². The fourth-order valence-corrected chi connectivity index (χ4v) is 2.46. The van der Waals surface area contributed by atoms with Gasteiger partial charge in [-0.1, -0.05) is 12.1 Å². The zero-order chi connectivity index (χ0) is 20.7. The molecule has 0 radical (unpaired) electrons. The van der Waals surface area contributed by atoms with Gasteiger partial charge in [0.1, 0.15) is 0 Å². The zero-order valence-corrected chi connectivity index (χ0v) is 16.5. The van der Waals surface area contributed by atoms with Crippen molar-refractivity contribution in [2.24, 2.45) is 0 Å². The summed E-state index contributed by atoms with van der Waals surface area (Å²) in [7, 11) is 0. The number of hydrogen-bond acceptors (Lipinski definition) is 3. The first kappa shape index (κ1) is 21.0. The predicted molar refractivity (Wildman–Crippen MR) is 111 cm³/mol. The van der Waals surface area contributed by atoms with Crippen LogP contribution in [0.4, 0.5) is 16.2 Å². The Kier molecular flexibility index (Phi) is 7.14. The maximum atomic E-state index is 12.5. The number of anilines is 2. The molecule has 28 heavy (non-hydrogen) atoms. The van der Waals surface area contributed by atoms with E-state index < -0.39 is 0 Å². The lowest BCUT2D eigenvalue weighted by atomic mass is 10.1. The Balaban J connectivity index is 2.07. The lowest BCUT2D eigenvalue weighted by Crippen LogP contribution is -2.34. The molecule has 7 heteroatoms. The van der Waals surface area contributed by atoms with E-state index in [9.17, 15) is 14.4 Å². The molecule has 0 spiro atoms. The van der Waals surface area contributed by atoms with E-state index in [1.165, 1.54) is 0 Å². The molecule has 0 unspecified atom stereocenters. The first-order valence-electron chi connectivity index (χ1n) is 9.15. The molecule has 0 aromatic heterocycles. The summed E-state index contributed by atoms with van der Waals surface area (Å²) in [4.78, 5) is 36.6. The molecule has 0 saturated carbocycles. The molecule has 4 N–H and O–H groups in total. The topological polar surface area (TPSA) is 99.3 Å². The monoisotopic (exact) mass is 382 g/mol. The number of urea groups is 1. The van der Waals surface area contributed by atoms with Crippen LogP contribution in [-0.4, -0.2) is 29.9 Å². The SMILES string of the molecule is CC(C)NC(=O)Nc1ccc(C(=O)Nc2ccccc2C(=O)NC(C)C)cc1. The number of amides is 4. The van der Waals surface area contributed by atoms with Crippen molar-refractivity contribution in [2.45, 2.75) is 39.8 Å². The van der Waals surface area contributed by atoms with E-state index in [2.05, 4.69) is 21.3 Å². The lowest BCUT2D eigenvalue weighted by Gasteiger charge is -2.13. The van der Waals surface area contributed by atoms with Gasteiger partial charge < -0.3 is 21.3 Å². The molecule has 2 rings (SSSR count). The molecule has 2 aromatic rings. The Bertz CT molecular complexity index is 845. The van der Waals surface area contributed by atoms with Crippen molar-refractivity contribution in [3.63, 3.8) is 0 Å². The first-order valence-corrected chi connectivity index (χ1v) is 9.15. The van der Waals surface area contributed by atoms with Crippen LogP contribution in [0.25, 0.3) is 0 Å². The highest BCUT2D eigenvalue weighted by atomic mass is 16.2. The van der Waals surface area contributed by atoms with Gasteiger partial charge in [-0.25, -0.2) is 4.79 Å². The van der Waals surface area contributed by atoms with Gasteiger partial charge in [0.25, 0.3) is 11.8 Å². The summed E-state index contributed by atoms with van der Waals surface area (Å²) < 4.78 is 0. The largest absolute Gasteiger partial charge is 0.350 e. The molecule has 0 aliphatic rings. The second-order valence-corrected chi connectivity index (χ2v) is 6.96. The number of carbonyl (C=O) groups is 3. The number of nitrogens with one attached hydrogen (secondary N) is 4. The van der Waals surface area contributed by atoms with Crippen molar-refractivity contribution in [1.82, 2.24) is 10.6 Å². The Labute approximate surface area is 164 Å². The predicted octanol–water partition coefficient (Wildman–Crippen LogP) is 3.61. The van der Waals surface area contributed by atoms with Gasteiger partial charge in [-0.2, -0.15) is 0 Å². The Morgan fingerprint density at radius 3 is 1.93 bits per heavy atom. The van der Waals surface area contributed by atoms with E-state index in [1.807, 2.05) is 27.7 Å². The highest BCUT2D eigenvalue weighted by Crippen LogP contribution is 2.17. The molecule has 0 aliphatic heterocycles. The highest BCUT2D eigenvalue weighted by molar-refractivity contribution is 6.09. The van der Waals surface area contributed by atoms with Crippen molar-refractivity contribution >= 4 is 29.2 Å². The minimum absolute atomic E-state index is 0.0100. The number of benzene rings is 2. The normalized spacial score (nSPS) is 10.5. The van der Waals surface area contributed by atoms with E-state index in [0.717, 1.165) is 0 Å². The molecule has 7 nitrogen and oxygen atoms in total. The van der Waals surface area contributed by atoms with Crippen molar-refractivity contribution in [2.75, 3.05) is 10.6 Å². The molecule has 0 bridgehead atoms.